The van der Waals surface area contributed by atoms with Crippen molar-refractivity contribution < 1.29 is 22.8 Å². The maximum atomic E-state index is 13.6. The van der Waals surface area contributed by atoms with Crippen LogP contribution in [0.2, 0.25) is 0 Å². The Morgan fingerprint density at radius 2 is 1.72 bits per heavy atom. The number of Topliss-reactive ketones (excluding diaryl/α,β-unsaturated/α-hetero) is 1. The summed E-state index contributed by atoms with van der Waals surface area (Å²) in [4.78, 5) is 39.9. The van der Waals surface area contributed by atoms with Crippen molar-refractivity contribution in [1.82, 2.24) is 10.2 Å². The molecule has 10 heteroatoms. The number of ketones is 1. The van der Waals surface area contributed by atoms with Crippen LogP contribution in [0.15, 0.2) is 53.0 Å². The summed E-state index contributed by atoms with van der Waals surface area (Å²) in [7, 11) is -3.86. The van der Waals surface area contributed by atoms with Crippen LogP contribution < -0.4 is 9.62 Å². The highest BCUT2D eigenvalue weighted by Crippen LogP contribution is 2.22. The summed E-state index contributed by atoms with van der Waals surface area (Å²) in [5.74, 6) is -1.01. The molecule has 0 spiro atoms. The van der Waals surface area contributed by atoms with Gasteiger partial charge in [0.1, 0.15) is 12.6 Å². The highest BCUT2D eigenvalue weighted by atomic mass is 79.9. The molecule has 0 radical (unpaired) electrons. The van der Waals surface area contributed by atoms with Crippen LogP contribution in [0.5, 0.6) is 0 Å². The van der Waals surface area contributed by atoms with Crippen LogP contribution in [-0.2, 0) is 26.2 Å². The minimum Gasteiger partial charge on any atom is -0.352 e. The van der Waals surface area contributed by atoms with Gasteiger partial charge in [-0.25, -0.2) is 8.42 Å². The average Bonchev–Trinajstić information content (AvgIpc) is 3.34. The first-order valence-corrected chi connectivity index (χ1v) is 14.5. The molecule has 0 saturated heterocycles. The quantitative estimate of drug-likeness (QED) is 0.431. The molecule has 1 saturated carbocycles. The molecule has 0 bridgehead atoms. The number of halogens is 1. The minimum atomic E-state index is -3.86. The second-order valence-corrected chi connectivity index (χ2v) is 12.0. The Kier molecular flexibility index (Phi) is 9.30. The van der Waals surface area contributed by atoms with Crippen molar-refractivity contribution >= 4 is 49.2 Å². The van der Waals surface area contributed by atoms with Gasteiger partial charge in [-0.05, 0) is 56.5 Å². The molecule has 1 atom stereocenters. The van der Waals surface area contributed by atoms with E-state index in [1.54, 1.807) is 19.1 Å². The van der Waals surface area contributed by atoms with Crippen molar-refractivity contribution in [2.24, 2.45) is 0 Å². The predicted octanol–water partition coefficient (Wildman–Crippen LogP) is 3.89. The van der Waals surface area contributed by atoms with Crippen LogP contribution in [-0.4, -0.2) is 55.8 Å². The van der Waals surface area contributed by atoms with Gasteiger partial charge in [0, 0.05) is 22.6 Å². The number of rotatable bonds is 10. The van der Waals surface area contributed by atoms with Gasteiger partial charge in [0.05, 0.1) is 11.9 Å². The summed E-state index contributed by atoms with van der Waals surface area (Å²) in [6, 6.07) is 12.8. The molecule has 0 aliphatic heterocycles. The molecule has 3 rings (SSSR count). The zero-order chi connectivity index (χ0) is 26.5. The Labute approximate surface area is 221 Å². The lowest BCUT2D eigenvalue weighted by molar-refractivity contribution is -0.139. The maximum Gasteiger partial charge on any atom is 0.244 e. The summed E-state index contributed by atoms with van der Waals surface area (Å²) in [5, 5.41) is 3.03. The van der Waals surface area contributed by atoms with E-state index in [9.17, 15) is 22.8 Å². The largest absolute Gasteiger partial charge is 0.352 e. The molecule has 2 aromatic carbocycles. The fourth-order valence-electron chi connectivity index (χ4n) is 4.25. The van der Waals surface area contributed by atoms with Crippen LogP contribution in [0.25, 0.3) is 0 Å². The van der Waals surface area contributed by atoms with Crippen LogP contribution in [0.3, 0.4) is 0 Å². The van der Waals surface area contributed by atoms with E-state index in [1.807, 2.05) is 24.3 Å². The Morgan fingerprint density at radius 3 is 2.31 bits per heavy atom. The van der Waals surface area contributed by atoms with Gasteiger partial charge in [-0.15, -0.1) is 0 Å². The summed E-state index contributed by atoms with van der Waals surface area (Å²) in [5.41, 5.74) is 1.35. The Morgan fingerprint density at radius 1 is 1.08 bits per heavy atom. The number of hydrogen-bond acceptors (Lipinski definition) is 5. The van der Waals surface area contributed by atoms with E-state index in [2.05, 4.69) is 21.2 Å². The lowest BCUT2D eigenvalue weighted by Gasteiger charge is -2.32. The molecule has 36 heavy (non-hydrogen) atoms. The molecule has 194 valence electrons. The van der Waals surface area contributed by atoms with Crippen molar-refractivity contribution in [3.05, 3.63) is 64.1 Å². The maximum absolute atomic E-state index is 13.6. The molecule has 0 unspecified atom stereocenters. The van der Waals surface area contributed by atoms with Gasteiger partial charge in [0.15, 0.2) is 5.78 Å². The number of amides is 2. The van der Waals surface area contributed by atoms with E-state index in [1.165, 1.54) is 24.0 Å². The third-order valence-electron chi connectivity index (χ3n) is 6.35. The second-order valence-electron chi connectivity index (χ2n) is 9.19. The van der Waals surface area contributed by atoms with E-state index < -0.39 is 28.5 Å². The highest BCUT2D eigenvalue weighted by molar-refractivity contribution is 9.10. The highest BCUT2D eigenvalue weighted by Gasteiger charge is 2.31. The van der Waals surface area contributed by atoms with E-state index in [0.717, 1.165) is 46.3 Å². The molecule has 1 aliphatic rings. The number of anilines is 1. The molecule has 0 aromatic heterocycles. The molecular formula is C26H32BrN3O5S. The van der Waals surface area contributed by atoms with Crippen LogP contribution in [0, 0.1) is 0 Å². The lowest BCUT2D eigenvalue weighted by atomic mass is 10.1. The first-order chi connectivity index (χ1) is 17.0. The van der Waals surface area contributed by atoms with E-state index >= 15 is 0 Å². The van der Waals surface area contributed by atoms with E-state index in [0.29, 0.717) is 5.56 Å². The van der Waals surface area contributed by atoms with Gasteiger partial charge in [0.25, 0.3) is 0 Å². The van der Waals surface area contributed by atoms with Gasteiger partial charge in [-0.2, -0.15) is 0 Å². The summed E-state index contributed by atoms with van der Waals surface area (Å²) < 4.78 is 27.2. The van der Waals surface area contributed by atoms with E-state index in [4.69, 9.17) is 0 Å². The Hall–Kier alpha value is -2.72. The first-order valence-electron chi connectivity index (χ1n) is 11.9. The number of carbonyl (C=O) groups is 3. The zero-order valence-corrected chi connectivity index (χ0v) is 23.1. The molecule has 1 aliphatic carbocycles. The molecule has 1 fully saturated rings. The summed E-state index contributed by atoms with van der Waals surface area (Å²) in [6.45, 7) is 2.68. The standard InChI is InChI=1S/C26H32BrN3O5S/c1-18(26(33)28-23-8-4-5-9-23)29(16-20-11-13-22(27)14-12-20)25(32)17-30(36(3,34)35)24-10-6-7-21(15-24)19(2)31/h6-7,10-15,18,23H,4-5,8-9,16-17H2,1-3H3,(H,28,33)/t18-/m1/s1. The molecule has 8 nitrogen and oxygen atoms in total. The zero-order valence-electron chi connectivity index (χ0n) is 20.7. The number of benzene rings is 2. The van der Waals surface area contributed by atoms with Crippen LogP contribution in [0.1, 0.15) is 55.5 Å². The topological polar surface area (TPSA) is 104 Å². The summed E-state index contributed by atoms with van der Waals surface area (Å²) >= 11 is 3.40. The normalized spacial score (nSPS) is 14.8. The minimum absolute atomic E-state index is 0.0893. The number of hydrogen-bond donors (Lipinski definition) is 1. The fourth-order valence-corrected chi connectivity index (χ4v) is 5.36. The van der Waals surface area contributed by atoms with E-state index in [-0.39, 0.29) is 30.0 Å². The smallest absolute Gasteiger partial charge is 0.244 e. The number of nitrogens with one attached hydrogen (secondary N) is 1. The van der Waals surface area contributed by atoms with Gasteiger partial charge < -0.3 is 10.2 Å². The third-order valence-corrected chi connectivity index (χ3v) is 8.02. The van der Waals surface area contributed by atoms with Crippen LogP contribution in [0.4, 0.5) is 5.69 Å². The van der Waals surface area contributed by atoms with Crippen molar-refractivity contribution in [3.63, 3.8) is 0 Å². The van der Waals surface area contributed by atoms with Gasteiger partial charge in [0.2, 0.25) is 21.8 Å². The Bertz CT molecular complexity index is 1210. The third kappa shape index (κ3) is 7.39. The van der Waals surface area contributed by atoms with Gasteiger partial charge >= 0.3 is 0 Å². The lowest BCUT2D eigenvalue weighted by Crippen LogP contribution is -2.52. The van der Waals surface area contributed by atoms with Crippen LogP contribution >= 0.6 is 15.9 Å². The monoisotopic (exact) mass is 577 g/mol. The van der Waals surface area contributed by atoms with Crippen molar-refractivity contribution in [3.8, 4) is 0 Å². The second kappa shape index (κ2) is 12.0. The van der Waals surface area contributed by atoms with Gasteiger partial charge in [-0.1, -0.05) is 53.0 Å². The van der Waals surface area contributed by atoms with Gasteiger partial charge in [-0.3, -0.25) is 18.7 Å². The number of carbonyl (C=O) groups excluding carboxylic acids is 3. The molecular weight excluding hydrogens is 546 g/mol. The molecule has 1 N–H and O–H groups in total. The molecule has 2 amide bonds. The Balaban J connectivity index is 1.90. The SMILES string of the molecule is CC(=O)c1cccc(N(CC(=O)N(Cc2ccc(Br)cc2)[C@H](C)C(=O)NC2CCCC2)S(C)(=O)=O)c1. The number of sulfonamides is 1. The molecule has 2 aromatic rings. The molecule has 0 heterocycles. The van der Waals surface area contributed by atoms with Crippen molar-refractivity contribution in [2.75, 3.05) is 17.1 Å². The first kappa shape index (κ1) is 27.9. The van der Waals surface area contributed by atoms with Crippen molar-refractivity contribution in [2.45, 2.75) is 58.2 Å². The number of nitrogens with zero attached hydrogens (tertiary/aromatic N) is 2. The predicted molar refractivity (Wildman–Crippen MR) is 143 cm³/mol. The summed E-state index contributed by atoms with van der Waals surface area (Å²) in [6.07, 6.45) is 4.95. The average molecular weight is 579 g/mol. The van der Waals surface area contributed by atoms with Crippen molar-refractivity contribution in [1.29, 1.82) is 0 Å². The fraction of sp³-hybridized carbons (Fsp3) is 0.423.